The number of carbonyl (C=O) groups is 3. The largest absolute Gasteiger partial charge is 0.462 e. The maximum absolute atomic E-state index is 12.9. The average Bonchev–Trinajstić information content (AvgIpc) is 3.41. The van der Waals surface area contributed by atoms with Gasteiger partial charge < -0.3 is 14.2 Å². The first kappa shape index (κ1) is 72.1. The van der Waals surface area contributed by atoms with Crippen molar-refractivity contribution in [3.8, 4) is 0 Å². The predicted octanol–water partition coefficient (Wildman–Crippen LogP) is 22.3. The first-order valence-corrected chi connectivity index (χ1v) is 32.8. The molecule has 0 radical (unpaired) electrons. The van der Waals surface area contributed by atoms with Gasteiger partial charge in [0, 0.05) is 19.3 Å². The zero-order valence-electron chi connectivity index (χ0n) is 50.1. The molecule has 0 fully saturated rings. The van der Waals surface area contributed by atoms with Crippen molar-refractivity contribution in [1.29, 1.82) is 0 Å². The zero-order valence-corrected chi connectivity index (χ0v) is 50.1. The molecule has 0 heterocycles. The molecule has 1 atom stereocenters. The number of carbonyl (C=O) groups excluding carboxylic acids is 3. The maximum atomic E-state index is 12.9. The van der Waals surface area contributed by atoms with Crippen molar-refractivity contribution >= 4 is 17.9 Å². The van der Waals surface area contributed by atoms with Gasteiger partial charge in [-0.3, -0.25) is 14.4 Å². The Bertz CT molecular complexity index is 1340. The van der Waals surface area contributed by atoms with Crippen LogP contribution in [0.15, 0.2) is 60.8 Å². The standard InChI is InChI=1S/C69H124O6/c1-4-7-10-13-16-19-22-24-26-28-29-30-31-32-33-34-35-36-37-38-39-40-41-42-44-45-47-50-53-56-59-62-68(71)74-65-66(64-73-67(70)61-58-55-52-49-21-18-15-12-9-6-3)75-69(72)63-60-57-54-51-48-46-43-27-25-23-20-17-14-11-8-5-2/h20,22-24,27-29,31-32,43,66H,4-19,21,25-26,30,33-42,44-65H2,1-3H3/b23-20-,24-22-,29-28-,32-31-,43-27-. The average molecular weight is 1050 g/mol. The quantitative estimate of drug-likeness (QED) is 0.0261. The number of hydrogen-bond donors (Lipinski definition) is 0. The molecule has 0 aromatic rings. The Kier molecular flexibility index (Phi) is 61.2. The molecule has 0 aliphatic heterocycles. The third kappa shape index (κ3) is 61.8. The maximum Gasteiger partial charge on any atom is 0.306 e. The summed E-state index contributed by atoms with van der Waals surface area (Å²) in [5.74, 6) is -0.875. The molecular weight excluding hydrogens is 925 g/mol. The topological polar surface area (TPSA) is 78.9 Å². The highest BCUT2D eigenvalue weighted by atomic mass is 16.6. The fraction of sp³-hybridized carbons (Fsp3) is 0.812. The summed E-state index contributed by atoms with van der Waals surface area (Å²) in [6.07, 6.45) is 81.0. The van der Waals surface area contributed by atoms with Crippen LogP contribution in [-0.2, 0) is 28.6 Å². The summed E-state index contributed by atoms with van der Waals surface area (Å²) < 4.78 is 16.9. The molecular formula is C69H124O6. The summed E-state index contributed by atoms with van der Waals surface area (Å²) in [6, 6.07) is 0. The number of ether oxygens (including phenoxy) is 3. The van der Waals surface area contributed by atoms with E-state index < -0.39 is 6.10 Å². The SMILES string of the molecule is CCCCCC/C=C\C/C=C\CCCCCCCC(=O)OC(COC(=O)CCCCCCCCCCCC)COC(=O)CCCCCCCCCCCCCCCCCC/C=C\C/C=C\C/C=C\CCCCCCC. The predicted molar refractivity (Wildman–Crippen MR) is 325 cm³/mol. The van der Waals surface area contributed by atoms with Gasteiger partial charge in [0.25, 0.3) is 0 Å². The van der Waals surface area contributed by atoms with Crippen molar-refractivity contribution in [1.82, 2.24) is 0 Å². The minimum absolute atomic E-state index is 0.0760. The summed E-state index contributed by atoms with van der Waals surface area (Å²) in [7, 11) is 0. The smallest absolute Gasteiger partial charge is 0.306 e. The van der Waals surface area contributed by atoms with E-state index in [2.05, 4.69) is 81.5 Å². The lowest BCUT2D eigenvalue weighted by molar-refractivity contribution is -0.167. The molecule has 0 saturated carbocycles. The van der Waals surface area contributed by atoms with E-state index in [4.69, 9.17) is 14.2 Å². The summed E-state index contributed by atoms with van der Waals surface area (Å²) in [5, 5.41) is 0. The van der Waals surface area contributed by atoms with Crippen LogP contribution in [-0.4, -0.2) is 37.2 Å². The fourth-order valence-corrected chi connectivity index (χ4v) is 9.54. The Hall–Kier alpha value is -2.89. The number of allylic oxidation sites excluding steroid dienone is 10. The highest BCUT2D eigenvalue weighted by molar-refractivity contribution is 5.71. The van der Waals surface area contributed by atoms with Gasteiger partial charge in [-0.1, -0.05) is 293 Å². The van der Waals surface area contributed by atoms with Crippen LogP contribution in [0.25, 0.3) is 0 Å². The second-order valence-corrected chi connectivity index (χ2v) is 22.0. The summed E-state index contributed by atoms with van der Waals surface area (Å²) in [5.41, 5.74) is 0. The van der Waals surface area contributed by atoms with Crippen LogP contribution in [0.5, 0.6) is 0 Å². The van der Waals surface area contributed by atoms with Gasteiger partial charge in [-0.25, -0.2) is 0 Å². The van der Waals surface area contributed by atoms with E-state index in [9.17, 15) is 14.4 Å². The molecule has 0 spiro atoms. The van der Waals surface area contributed by atoms with E-state index in [1.165, 1.54) is 205 Å². The lowest BCUT2D eigenvalue weighted by Gasteiger charge is -2.18. The van der Waals surface area contributed by atoms with Gasteiger partial charge in [0.2, 0.25) is 0 Å². The molecule has 0 saturated heterocycles. The van der Waals surface area contributed by atoms with Crippen LogP contribution in [0, 0.1) is 0 Å². The van der Waals surface area contributed by atoms with Crippen molar-refractivity contribution in [2.45, 2.75) is 348 Å². The molecule has 6 nitrogen and oxygen atoms in total. The lowest BCUT2D eigenvalue weighted by atomic mass is 10.0. The molecule has 0 aliphatic carbocycles. The molecule has 1 unspecified atom stereocenters. The molecule has 0 aliphatic rings. The van der Waals surface area contributed by atoms with Gasteiger partial charge in [0.15, 0.2) is 6.10 Å². The molecule has 0 aromatic carbocycles. The van der Waals surface area contributed by atoms with Gasteiger partial charge in [0.1, 0.15) is 13.2 Å². The Balaban J connectivity index is 4.12. The van der Waals surface area contributed by atoms with Gasteiger partial charge in [0.05, 0.1) is 0 Å². The van der Waals surface area contributed by atoms with Crippen LogP contribution in [0.1, 0.15) is 342 Å². The van der Waals surface area contributed by atoms with E-state index in [1.807, 2.05) is 0 Å². The van der Waals surface area contributed by atoms with E-state index in [0.717, 1.165) is 96.3 Å². The Morgan fingerprint density at radius 2 is 0.480 bits per heavy atom. The molecule has 0 aromatic heterocycles. The normalized spacial score (nSPS) is 12.4. The van der Waals surface area contributed by atoms with Crippen molar-refractivity contribution in [3.05, 3.63) is 60.8 Å². The van der Waals surface area contributed by atoms with Crippen LogP contribution in [0.4, 0.5) is 0 Å². The third-order valence-corrected chi connectivity index (χ3v) is 14.5. The molecule has 0 rings (SSSR count). The molecule has 0 bridgehead atoms. The van der Waals surface area contributed by atoms with Crippen LogP contribution < -0.4 is 0 Å². The number of unbranched alkanes of at least 4 members (excludes halogenated alkanes) is 39. The van der Waals surface area contributed by atoms with Gasteiger partial charge >= 0.3 is 17.9 Å². The van der Waals surface area contributed by atoms with Gasteiger partial charge in [-0.15, -0.1) is 0 Å². The van der Waals surface area contributed by atoms with E-state index in [0.29, 0.717) is 19.3 Å². The summed E-state index contributed by atoms with van der Waals surface area (Å²) >= 11 is 0. The monoisotopic (exact) mass is 1050 g/mol. The van der Waals surface area contributed by atoms with Crippen LogP contribution in [0.3, 0.4) is 0 Å². The van der Waals surface area contributed by atoms with Crippen molar-refractivity contribution in [2.75, 3.05) is 13.2 Å². The van der Waals surface area contributed by atoms with E-state index >= 15 is 0 Å². The molecule has 6 heteroatoms. The first-order valence-electron chi connectivity index (χ1n) is 32.8. The molecule has 0 N–H and O–H groups in total. The molecule has 0 amide bonds. The van der Waals surface area contributed by atoms with Gasteiger partial charge in [-0.05, 0) is 89.9 Å². The second-order valence-electron chi connectivity index (χ2n) is 22.0. The summed E-state index contributed by atoms with van der Waals surface area (Å²) in [6.45, 7) is 6.62. The van der Waals surface area contributed by atoms with Gasteiger partial charge in [-0.2, -0.15) is 0 Å². The number of rotatable bonds is 60. The number of esters is 3. The third-order valence-electron chi connectivity index (χ3n) is 14.5. The Morgan fingerprint density at radius 1 is 0.267 bits per heavy atom. The van der Waals surface area contributed by atoms with Crippen molar-refractivity contribution in [3.63, 3.8) is 0 Å². The van der Waals surface area contributed by atoms with Crippen LogP contribution in [0.2, 0.25) is 0 Å². The molecule has 436 valence electrons. The Labute approximate surface area is 466 Å². The zero-order chi connectivity index (χ0) is 54.3. The summed E-state index contributed by atoms with van der Waals surface area (Å²) in [4.78, 5) is 38.2. The first-order chi connectivity index (χ1) is 37.0. The Morgan fingerprint density at radius 3 is 0.760 bits per heavy atom. The van der Waals surface area contributed by atoms with Crippen molar-refractivity contribution in [2.24, 2.45) is 0 Å². The second kappa shape index (κ2) is 63.6. The van der Waals surface area contributed by atoms with E-state index in [-0.39, 0.29) is 31.1 Å². The number of hydrogen-bond acceptors (Lipinski definition) is 6. The van der Waals surface area contributed by atoms with E-state index in [1.54, 1.807) is 0 Å². The molecule has 75 heavy (non-hydrogen) atoms. The van der Waals surface area contributed by atoms with Crippen molar-refractivity contribution < 1.29 is 28.6 Å². The minimum atomic E-state index is -0.778. The lowest BCUT2D eigenvalue weighted by Crippen LogP contribution is -2.30. The van der Waals surface area contributed by atoms with Crippen LogP contribution >= 0.6 is 0 Å². The minimum Gasteiger partial charge on any atom is -0.462 e. The highest BCUT2D eigenvalue weighted by Gasteiger charge is 2.19. The fourth-order valence-electron chi connectivity index (χ4n) is 9.54. The highest BCUT2D eigenvalue weighted by Crippen LogP contribution is 2.17.